The van der Waals surface area contributed by atoms with Crippen LogP contribution in [0.4, 0.5) is 5.82 Å². The SMILES string of the molecule is COc1ccccc1CN=C(N)Nc1ccc(C)cn1. The second kappa shape index (κ2) is 6.56. The van der Waals surface area contributed by atoms with Gasteiger partial charge in [0.2, 0.25) is 0 Å². The maximum atomic E-state index is 5.84. The molecule has 1 heterocycles. The number of para-hydroxylation sites is 1. The van der Waals surface area contributed by atoms with E-state index in [-0.39, 0.29) is 0 Å². The van der Waals surface area contributed by atoms with Crippen molar-refractivity contribution in [1.29, 1.82) is 0 Å². The van der Waals surface area contributed by atoms with Gasteiger partial charge in [-0.25, -0.2) is 9.98 Å². The summed E-state index contributed by atoms with van der Waals surface area (Å²) >= 11 is 0. The van der Waals surface area contributed by atoms with Gasteiger partial charge in [-0.15, -0.1) is 0 Å². The summed E-state index contributed by atoms with van der Waals surface area (Å²) in [5.74, 6) is 1.81. The number of rotatable bonds is 4. The van der Waals surface area contributed by atoms with E-state index in [1.54, 1.807) is 13.3 Å². The van der Waals surface area contributed by atoms with Gasteiger partial charge in [0.25, 0.3) is 0 Å². The summed E-state index contributed by atoms with van der Waals surface area (Å²) in [5, 5.41) is 2.95. The molecule has 104 valence electrons. The molecule has 3 N–H and O–H groups in total. The molecular weight excluding hydrogens is 252 g/mol. The smallest absolute Gasteiger partial charge is 0.194 e. The third-order valence-electron chi connectivity index (χ3n) is 2.78. The fourth-order valence-corrected chi connectivity index (χ4v) is 1.72. The first-order valence-corrected chi connectivity index (χ1v) is 6.30. The Balaban J connectivity index is 2.02. The third-order valence-corrected chi connectivity index (χ3v) is 2.78. The fourth-order valence-electron chi connectivity index (χ4n) is 1.72. The zero-order valence-corrected chi connectivity index (χ0v) is 11.6. The molecule has 0 amide bonds. The lowest BCUT2D eigenvalue weighted by Gasteiger charge is -2.07. The second-order valence-corrected chi connectivity index (χ2v) is 4.36. The maximum absolute atomic E-state index is 5.84. The number of hydrogen-bond donors (Lipinski definition) is 2. The number of hydrogen-bond acceptors (Lipinski definition) is 3. The molecule has 1 aromatic carbocycles. The van der Waals surface area contributed by atoms with Crippen LogP contribution in [-0.2, 0) is 6.54 Å². The van der Waals surface area contributed by atoms with Crippen molar-refractivity contribution in [2.45, 2.75) is 13.5 Å². The highest BCUT2D eigenvalue weighted by Gasteiger charge is 2.01. The predicted molar refractivity (Wildman–Crippen MR) is 80.9 cm³/mol. The molecule has 20 heavy (non-hydrogen) atoms. The number of guanidine groups is 1. The van der Waals surface area contributed by atoms with Gasteiger partial charge >= 0.3 is 0 Å². The Labute approximate surface area is 118 Å². The van der Waals surface area contributed by atoms with E-state index in [1.807, 2.05) is 43.3 Å². The summed E-state index contributed by atoms with van der Waals surface area (Å²) in [5.41, 5.74) is 7.92. The van der Waals surface area contributed by atoms with Crippen molar-refractivity contribution in [3.8, 4) is 5.75 Å². The summed E-state index contributed by atoms with van der Waals surface area (Å²) < 4.78 is 5.27. The first kappa shape index (κ1) is 13.9. The van der Waals surface area contributed by atoms with Gasteiger partial charge in [-0.1, -0.05) is 24.3 Å². The lowest BCUT2D eigenvalue weighted by molar-refractivity contribution is 0.410. The Kier molecular flexibility index (Phi) is 4.55. The number of aliphatic imine (C=N–C) groups is 1. The Morgan fingerprint density at radius 3 is 2.80 bits per heavy atom. The molecule has 0 aliphatic heterocycles. The minimum Gasteiger partial charge on any atom is -0.496 e. The first-order chi connectivity index (χ1) is 9.69. The Morgan fingerprint density at radius 1 is 1.30 bits per heavy atom. The lowest BCUT2D eigenvalue weighted by Crippen LogP contribution is -2.23. The highest BCUT2D eigenvalue weighted by molar-refractivity contribution is 5.91. The Bertz CT molecular complexity index is 593. The summed E-state index contributed by atoms with van der Waals surface area (Å²) in [6, 6.07) is 11.5. The van der Waals surface area contributed by atoms with Crippen molar-refractivity contribution < 1.29 is 4.74 Å². The number of ether oxygens (including phenoxy) is 1. The summed E-state index contributed by atoms with van der Waals surface area (Å²) in [6.07, 6.45) is 1.77. The van der Waals surface area contributed by atoms with Crippen LogP contribution in [0, 0.1) is 6.92 Å². The van der Waals surface area contributed by atoms with Gasteiger partial charge in [-0.05, 0) is 24.6 Å². The molecule has 0 aliphatic rings. The molecule has 0 fully saturated rings. The number of aromatic nitrogens is 1. The van der Waals surface area contributed by atoms with Gasteiger partial charge in [0, 0.05) is 11.8 Å². The minimum atomic E-state index is 0.326. The van der Waals surface area contributed by atoms with Crippen molar-refractivity contribution in [2.24, 2.45) is 10.7 Å². The molecule has 1 aromatic heterocycles. The standard InChI is InChI=1S/C15H18N4O/c1-11-7-8-14(17-9-11)19-15(16)18-10-12-5-3-4-6-13(12)20-2/h3-9H,10H2,1-2H3,(H3,16,17,18,19). The van der Waals surface area contributed by atoms with E-state index in [0.29, 0.717) is 18.3 Å². The molecule has 0 bridgehead atoms. The van der Waals surface area contributed by atoms with Crippen LogP contribution in [0.1, 0.15) is 11.1 Å². The molecule has 0 saturated carbocycles. The average molecular weight is 270 g/mol. The topological polar surface area (TPSA) is 72.5 Å². The highest BCUT2D eigenvalue weighted by Crippen LogP contribution is 2.17. The van der Waals surface area contributed by atoms with Crippen LogP contribution in [0.25, 0.3) is 0 Å². The summed E-state index contributed by atoms with van der Waals surface area (Å²) in [7, 11) is 1.64. The van der Waals surface area contributed by atoms with Gasteiger partial charge in [0.05, 0.1) is 13.7 Å². The summed E-state index contributed by atoms with van der Waals surface area (Å²) in [6.45, 7) is 2.44. The molecular formula is C15H18N4O. The predicted octanol–water partition coefficient (Wildman–Crippen LogP) is 2.33. The van der Waals surface area contributed by atoms with Crippen molar-refractivity contribution in [1.82, 2.24) is 4.98 Å². The van der Waals surface area contributed by atoms with Gasteiger partial charge in [-0.3, -0.25) is 0 Å². The van der Waals surface area contributed by atoms with Crippen LogP contribution >= 0.6 is 0 Å². The molecule has 2 aromatic rings. The van der Waals surface area contributed by atoms with E-state index in [9.17, 15) is 0 Å². The van der Waals surface area contributed by atoms with Gasteiger partial charge < -0.3 is 15.8 Å². The van der Waals surface area contributed by atoms with Crippen molar-refractivity contribution in [2.75, 3.05) is 12.4 Å². The largest absolute Gasteiger partial charge is 0.496 e. The second-order valence-electron chi connectivity index (χ2n) is 4.36. The quantitative estimate of drug-likeness (QED) is 0.660. The number of nitrogens with zero attached hydrogens (tertiary/aromatic N) is 2. The van der Waals surface area contributed by atoms with E-state index in [4.69, 9.17) is 10.5 Å². The minimum absolute atomic E-state index is 0.326. The van der Waals surface area contributed by atoms with E-state index < -0.39 is 0 Å². The summed E-state index contributed by atoms with van der Waals surface area (Å²) in [4.78, 5) is 8.49. The first-order valence-electron chi connectivity index (χ1n) is 6.30. The van der Waals surface area contributed by atoms with Gasteiger partial charge in [-0.2, -0.15) is 0 Å². The number of nitrogens with one attached hydrogen (secondary N) is 1. The number of benzene rings is 1. The maximum Gasteiger partial charge on any atom is 0.194 e. The van der Waals surface area contributed by atoms with Crippen LogP contribution in [-0.4, -0.2) is 18.1 Å². The normalized spacial score (nSPS) is 11.2. The number of anilines is 1. The Morgan fingerprint density at radius 2 is 2.10 bits per heavy atom. The average Bonchev–Trinajstić information content (AvgIpc) is 2.48. The van der Waals surface area contributed by atoms with Crippen molar-refractivity contribution >= 4 is 11.8 Å². The van der Waals surface area contributed by atoms with Crippen LogP contribution in [0.5, 0.6) is 5.75 Å². The number of methoxy groups -OCH3 is 1. The molecule has 5 heteroatoms. The zero-order chi connectivity index (χ0) is 14.4. The van der Waals surface area contributed by atoms with E-state index in [1.165, 1.54) is 0 Å². The van der Waals surface area contributed by atoms with Crippen LogP contribution in [0.3, 0.4) is 0 Å². The number of aryl methyl sites for hydroxylation is 1. The number of nitrogens with two attached hydrogens (primary N) is 1. The fraction of sp³-hybridized carbons (Fsp3) is 0.200. The molecule has 5 nitrogen and oxygen atoms in total. The molecule has 0 saturated heterocycles. The van der Waals surface area contributed by atoms with E-state index >= 15 is 0 Å². The van der Waals surface area contributed by atoms with Crippen molar-refractivity contribution in [3.63, 3.8) is 0 Å². The molecule has 2 rings (SSSR count). The van der Waals surface area contributed by atoms with E-state index in [0.717, 1.165) is 16.9 Å². The zero-order valence-electron chi connectivity index (χ0n) is 11.6. The van der Waals surface area contributed by atoms with Crippen LogP contribution in [0.2, 0.25) is 0 Å². The third kappa shape index (κ3) is 3.71. The van der Waals surface area contributed by atoms with Crippen molar-refractivity contribution in [3.05, 3.63) is 53.7 Å². The van der Waals surface area contributed by atoms with Gasteiger partial charge in [0.1, 0.15) is 11.6 Å². The molecule has 0 atom stereocenters. The highest BCUT2D eigenvalue weighted by atomic mass is 16.5. The molecule has 0 spiro atoms. The lowest BCUT2D eigenvalue weighted by atomic mass is 10.2. The Hall–Kier alpha value is -2.56. The molecule has 0 radical (unpaired) electrons. The molecule has 0 unspecified atom stereocenters. The van der Waals surface area contributed by atoms with Gasteiger partial charge in [0.15, 0.2) is 5.96 Å². The van der Waals surface area contributed by atoms with E-state index in [2.05, 4.69) is 15.3 Å². The monoisotopic (exact) mass is 270 g/mol. The van der Waals surface area contributed by atoms with Crippen LogP contribution in [0.15, 0.2) is 47.6 Å². The molecule has 0 aliphatic carbocycles. The number of pyridine rings is 1. The van der Waals surface area contributed by atoms with Crippen LogP contribution < -0.4 is 15.8 Å².